The van der Waals surface area contributed by atoms with Crippen molar-refractivity contribution in [2.24, 2.45) is 0 Å². The maximum absolute atomic E-state index is 12.6. The molecule has 0 atom stereocenters. The third-order valence-electron chi connectivity index (χ3n) is 6.74. The lowest BCUT2D eigenvalue weighted by Gasteiger charge is -2.13. The highest BCUT2D eigenvalue weighted by molar-refractivity contribution is 9.08. The second-order valence-electron chi connectivity index (χ2n) is 10.6. The summed E-state index contributed by atoms with van der Waals surface area (Å²) < 4.78 is 86.1. The van der Waals surface area contributed by atoms with Crippen LogP contribution in [0.1, 0.15) is 33.5 Å². The Morgan fingerprint density at radius 2 is 1.39 bits per heavy atom. The van der Waals surface area contributed by atoms with Crippen LogP contribution in [-0.2, 0) is 18.3 Å². The maximum Gasteiger partial charge on any atom is 0.422 e. The zero-order chi connectivity index (χ0) is 37.2. The number of nitriles is 2. The lowest BCUT2D eigenvalue weighted by molar-refractivity contribution is -0.154. The molecule has 0 aliphatic rings. The van der Waals surface area contributed by atoms with Gasteiger partial charge in [-0.15, -0.1) is 0 Å². The number of benzene rings is 2. The fourth-order valence-corrected chi connectivity index (χ4v) is 4.91. The average Bonchev–Trinajstić information content (AvgIpc) is 3.53. The molecule has 0 saturated heterocycles. The van der Waals surface area contributed by atoms with Crippen molar-refractivity contribution in [3.8, 4) is 29.5 Å². The molecule has 0 radical (unpaired) electrons. The first-order chi connectivity index (χ1) is 24.2. The monoisotopic (exact) mass is 792 g/mol. The summed E-state index contributed by atoms with van der Waals surface area (Å²) in [5, 5.41) is 18.8. The van der Waals surface area contributed by atoms with Gasteiger partial charge in [0.1, 0.15) is 29.5 Å². The van der Waals surface area contributed by atoms with E-state index in [1.165, 1.54) is 47.2 Å². The number of imidazole rings is 1. The summed E-state index contributed by atoms with van der Waals surface area (Å²) in [5.41, 5.74) is 2.95. The predicted molar refractivity (Wildman–Crippen MR) is 177 cm³/mol. The molecule has 0 amide bonds. The zero-order valence-corrected chi connectivity index (χ0v) is 28.4. The van der Waals surface area contributed by atoms with E-state index >= 15 is 0 Å². The van der Waals surface area contributed by atoms with Crippen LogP contribution in [0.4, 0.5) is 26.3 Å². The van der Waals surface area contributed by atoms with E-state index in [9.17, 15) is 31.1 Å². The van der Waals surface area contributed by atoms with Crippen molar-refractivity contribution in [1.82, 2.24) is 19.1 Å². The van der Waals surface area contributed by atoms with Crippen LogP contribution in [0.5, 0.6) is 11.5 Å². The van der Waals surface area contributed by atoms with Crippen LogP contribution in [-0.4, -0.2) is 44.7 Å². The fourth-order valence-electron chi connectivity index (χ4n) is 4.41. The molecule has 17 heteroatoms. The highest BCUT2D eigenvalue weighted by atomic mass is 79.9. The minimum Gasteiger partial charge on any atom is -0.483 e. The van der Waals surface area contributed by atoms with E-state index in [1.807, 2.05) is 16.7 Å². The Morgan fingerprint density at radius 3 is 1.94 bits per heavy atom. The molecule has 0 aliphatic carbocycles. The molecule has 0 saturated carbocycles. The number of pyridine rings is 2. The molecular formula is C34H24BrClF6N6O3. The van der Waals surface area contributed by atoms with Gasteiger partial charge in [0.15, 0.2) is 13.2 Å². The topological polar surface area (TPSA) is 119 Å². The van der Waals surface area contributed by atoms with Crippen molar-refractivity contribution in [3.63, 3.8) is 0 Å². The predicted octanol–water partition coefficient (Wildman–Crippen LogP) is 7.93. The largest absolute Gasteiger partial charge is 0.483 e. The normalized spacial score (nSPS) is 11.2. The first-order valence-corrected chi connectivity index (χ1v) is 16.0. The minimum atomic E-state index is -4.51. The van der Waals surface area contributed by atoms with Crippen LogP contribution < -0.4 is 15.0 Å². The molecule has 3 heterocycles. The van der Waals surface area contributed by atoms with Crippen molar-refractivity contribution in [1.29, 1.82) is 10.5 Å². The third-order valence-corrected chi connectivity index (χ3v) is 7.61. The summed E-state index contributed by atoms with van der Waals surface area (Å²) in [6.45, 7) is -2.56. The molecule has 0 fully saturated rings. The standard InChI is InChI=1S/C24H17ClF3N5O2.C10H7BrF3NO/c25-19-4-6-23(34)33(13-19)22-5-2-16(10-31-22)7-20-11-30-15-32(20)12-17-1-3-18(9-29)21(8-17)35-14-24(26,27)28;11-4-7-1-2-8(5-15)9(3-7)16-6-10(12,13)14/h1-6,8,10-11,13,15H,7,12,14H2;1-3H,4,6H2. The highest BCUT2D eigenvalue weighted by Crippen LogP contribution is 2.26. The molecular weight excluding hydrogens is 770 g/mol. The summed E-state index contributed by atoms with van der Waals surface area (Å²) in [4.78, 5) is 20.6. The second kappa shape index (κ2) is 17.1. The van der Waals surface area contributed by atoms with E-state index in [1.54, 1.807) is 43.0 Å². The number of rotatable bonds is 10. The molecule has 9 nitrogen and oxygen atoms in total. The van der Waals surface area contributed by atoms with Crippen molar-refractivity contribution >= 4 is 27.5 Å². The second-order valence-corrected chi connectivity index (χ2v) is 11.6. The molecule has 2 aromatic carbocycles. The van der Waals surface area contributed by atoms with Gasteiger partial charge in [0.25, 0.3) is 5.56 Å². The van der Waals surface area contributed by atoms with Crippen molar-refractivity contribution in [2.45, 2.75) is 30.6 Å². The highest BCUT2D eigenvalue weighted by Gasteiger charge is 2.29. The Bertz CT molecular complexity index is 2100. The van der Waals surface area contributed by atoms with Gasteiger partial charge in [-0.1, -0.05) is 45.7 Å². The Kier molecular flexibility index (Phi) is 12.9. The zero-order valence-electron chi connectivity index (χ0n) is 26.1. The van der Waals surface area contributed by atoms with Gasteiger partial charge in [0.2, 0.25) is 0 Å². The molecule has 0 spiro atoms. The average molecular weight is 794 g/mol. The van der Waals surface area contributed by atoms with Crippen LogP contribution in [0.25, 0.3) is 5.82 Å². The number of hydrogen-bond acceptors (Lipinski definition) is 7. The summed E-state index contributed by atoms with van der Waals surface area (Å²) >= 11 is 9.14. The first-order valence-electron chi connectivity index (χ1n) is 14.5. The van der Waals surface area contributed by atoms with E-state index < -0.39 is 25.6 Å². The molecule has 0 unspecified atom stereocenters. The van der Waals surface area contributed by atoms with Crippen LogP contribution >= 0.6 is 27.5 Å². The number of nitrogens with zero attached hydrogens (tertiary/aromatic N) is 6. The minimum absolute atomic E-state index is 0.0221. The Hall–Kier alpha value is -5.32. The van der Waals surface area contributed by atoms with Gasteiger partial charge in [-0.05, 0) is 53.1 Å². The summed E-state index contributed by atoms with van der Waals surface area (Å²) in [7, 11) is 0. The van der Waals surface area contributed by atoms with Crippen molar-refractivity contribution in [2.75, 3.05) is 13.2 Å². The van der Waals surface area contributed by atoms with E-state index in [0.717, 1.165) is 16.8 Å². The van der Waals surface area contributed by atoms with E-state index in [4.69, 9.17) is 26.9 Å². The fraction of sp³-hybridized carbons (Fsp3) is 0.206. The van der Waals surface area contributed by atoms with Crippen LogP contribution in [0.15, 0.2) is 90.4 Å². The van der Waals surface area contributed by atoms with E-state index in [2.05, 4.69) is 30.6 Å². The van der Waals surface area contributed by atoms with E-state index in [-0.39, 0.29) is 28.2 Å². The number of hydrogen-bond donors (Lipinski definition) is 0. The molecule has 3 aromatic heterocycles. The Balaban J connectivity index is 0.000000306. The van der Waals surface area contributed by atoms with E-state index in [0.29, 0.717) is 34.7 Å². The van der Waals surface area contributed by atoms with Gasteiger partial charge in [-0.2, -0.15) is 36.9 Å². The van der Waals surface area contributed by atoms with Crippen LogP contribution in [0.2, 0.25) is 5.02 Å². The third kappa shape index (κ3) is 11.6. The molecule has 0 aliphatic heterocycles. The lowest BCUT2D eigenvalue weighted by Crippen LogP contribution is -2.19. The van der Waals surface area contributed by atoms with Crippen molar-refractivity contribution in [3.05, 3.63) is 134 Å². The van der Waals surface area contributed by atoms with Gasteiger partial charge >= 0.3 is 12.4 Å². The molecule has 5 aromatic rings. The maximum atomic E-state index is 12.6. The summed E-state index contributed by atoms with van der Waals surface area (Å²) in [5.74, 6) is 0.260. The number of alkyl halides is 7. The summed E-state index contributed by atoms with van der Waals surface area (Å²) in [6.07, 6.45) is -2.01. The molecule has 0 bridgehead atoms. The Morgan fingerprint density at radius 1 is 0.804 bits per heavy atom. The Labute approximate surface area is 300 Å². The molecule has 5 rings (SSSR count). The number of ether oxygens (including phenoxy) is 2. The lowest BCUT2D eigenvalue weighted by atomic mass is 10.1. The SMILES string of the molecule is N#Cc1ccc(CBr)cc1OCC(F)(F)F.N#Cc1ccc(Cn2cncc2Cc2ccc(-n3cc(Cl)ccc3=O)nc2)cc1OCC(F)(F)F. The van der Waals surface area contributed by atoms with Gasteiger partial charge in [0.05, 0.1) is 22.5 Å². The summed E-state index contributed by atoms with van der Waals surface area (Å²) in [6, 6.07) is 19.0. The van der Waals surface area contributed by atoms with Crippen LogP contribution in [0.3, 0.4) is 0 Å². The van der Waals surface area contributed by atoms with Gasteiger partial charge in [0, 0.05) is 48.6 Å². The van der Waals surface area contributed by atoms with Crippen LogP contribution in [0, 0.1) is 22.7 Å². The number of halogens is 8. The van der Waals surface area contributed by atoms with Gasteiger partial charge in [-0.3, -0.25) is 9.36 Å². The molecule has 51 heavy (non-hydrogen) atoms. The first kappa shape index (κ1) is 38.5. The number of aromatic nitrogens is 4. The molecule has 0 N–H and O–H groups in total. The van der Waals surface area contributed by atoms with Gasteiger partial charge in [-0.25, -0.2) is 9.97 Å². The van der Waals surface area contributed by atoms with Gasteiger partial charge < -0.3 is 14.0 Å². The quantitative estimate of drug-likeness (QED) is 0.104. The molecule has 264 valence electrons. The smallest absolute Gasteiger partial charge is 0.422 e. The van der Waals surface area contributed by atoms with Crippen molar-refractivity contribution < 1.29 is 35.8 Å².